The average Bonchev–Trinajstić information content (AvgIpc) is 3.92. The normalized spacial score (nSPS) is 15.9. The first-order chi connectivity index (χ1) is 23.7. The number of aromatic nitrogens is 4. The van der Waals surface area contributed by atoms with Gasteiger partial charge in [-0.1, -0.05) is 69.2 Å². The van der Waals surface area contributed by atoms with Gasteiger partial charge in [-0.2, -0.15) is 0 Å². The minimum Gasteiger partial charge on any atom is -0.465 e. The van der Waals surface area contributed by atoms with Crippen LogP contribution >= 0.6 is 0 Å². The molecule has 2 heterocycles. The molecule has 1 atom stereocenters. The summed E-state index contributed by atoms with van der Waals surface area (Å²) in [4.78, 5) is 49.6. The molecular formula is C41H68N4O6. The molecule has 51 heavy (non-hydrogen) atoms. The second kappa shape index (κ2) is 22.5. The van der Waals surface area contributed by atoms with E-state index in [1.807, 2.05) is 94.0 Å². The largest absolute Gasteiger partial charge is 0.465 e. The fraction of sp³-hybridized carbons (Fsp3) is 0.732. The van der Waals surface area contributed by atoms with E-state index in [0.29, 0.717) is 30.3 Å². The quantitative estimate of drug-likeness (QED) is 0.174. The number of ether oxygens (including phenoxy) is 3. The van der Waals surface area contributed by atoms with E-state index in [1.165, 1.54) is 25.7 Å². The molecule has 0 radical (unpaired) electrons. The predicted molar refractivity (Wildman–Crippen MR) is 202 cm³/mol. The number of carbonyl (C=O) groups is 3. The molecule has 288 valence electrons. The van der Waals surface area contributed by atoms with E-state index >= 15 is 0 Å². The molecule has 0 saturated heterocycles. The van der Waals surface area contributed by atoms with Crippen molar-refractivity contribution in [2.45, 2.75) is 159 Å². The Morgan fingerprint density at radius 1 is 0.647 bits per heavy atom. The summed E-state index contributed by atoms with van der Waals surface area (Å²) in [6.45, 7) is 28.1. The lowest BCUT2D eigenvalue weighted by molar-refractivity contribution is -0.154. The first kappa shape index (κ1) is 45.6. The highest BCUT2D eigenvalue weighted by Gasteiger charge is 2.41. The van der Waals surface area contributed by atoms with Crippen LogP contribution in [0.1, 0.15) is 156 Å². The number of hydrogen-bond donors (Lipinski definition) is 0. The van der Waals surface area contributed by atoms with Crippen LogP contribution < -0.4 is 0 Å². The molecule has 0 spiro atoms. The summed E-state index contributed by atoms with van der Waals surface area (Å²) in [6, 6.07) is 0. The highest BCUT2D eigenvalue weighted by molar-refractivity contribution is 5.72. The molecule has 0 aromatic carbocycles. The molecule has 3 fully saturated rings. The van der Waals surface area contributed by atoms with Gasteiger partial charge in [0.2, 0.25) is 0 Å². The van der Waals surface area contributed by atoms with Crippen molar-refractivity contribution >= 4 is 17.9 Å². The molecule has 0 amide bonds. The molecule has 10 heteroatoms. The van der Waals surface area contributed by atoms with Gasteiger partial charge in [0.05, 0.1) is 24.4 Å². The molecule has 3 aliphatic rings. The molecule has 0 aliphatic heterocycles. The first-order valence-corrected chi connectivity index (χ1v) is 18.9. The van der Waals surface area contributed by atoms with Crippen molar-refractivity contribution in [1.82, 2.24) is 19.9 Å². The summed E-state index contributed by atoms with van der Waals surface area (Å²) < 4.78 is 15.4. The average molecular weight is 713 g/mol. The molecule has 2 aromatic rings. The van der Waals surface area contributed by atoms with Crippen LogP contribution in [-0.2, 0) is 28.6 Å². The summed E-state index contributed by atoms with van der Waals surface area (Å²) in [7, 11) is 0. The van der Waals surface area contributed by atoms with Gasteiger partial charge in [-0.15, -0.1) is 0 Å². The Bertz CT molecular complexity index is 1250. The van der Waals surface area contributed by atoms with Gasteiger partial charge in [-0.3, -0.25) is 14.4 Å². The van der Waals surface area contributed by atoms with E-state index in [4.69, 9.17) is 14.2 Å². The lowest BCUT2D eigenvalue weighted by atomic mass is 10.2. The summed E-state index contributed by atoms with van der Waals surface area (Å²) in [6.07, 6.45) is 14.5. The second-order valence-electron chi connectivity index (χ2n) is 15.9. The fourth-order valence-electron chi connectivity index (χ4n) is 3.67. The summed E-state index contributed by atoms with van der Waals surface area (Å²) in [5, 5.41) is 0. The standard InChI is InChI=1S/C9H16O2.2C8H12N2.2C8H14O2/c1-6(2)9(10)11-7(3)8-4-5-8;2*1-6(2)8-9-4-7(3)5-10-8;1-6(2)7(9)10-8(3)4-5-8;1-6(2)8(9)10-5-7-3-4-7/h6-8H,4-5H2,1-3H3;2*4-6H,1-3H3;6H,4-5H2,1-3H3;6-7H,3-5H2,1-2H3. The van der Waals surface area contributed by atoms with Crippen LogP contribution in [0.15, 0.2) is 24.8 Å². The third-order valence-corrected chi connectivity index (χ3v) is 8.10. The molecule has 0 N–H and O–H groups in total. The predicted octanol–water partition coefficient (Wildman–Crippen LogP) is 9.13. The zero-order chi connectivity index (χ0) is 38.9. The van der Waals surface area contributed by atoms with E-state index in [-0.39, 0.29) is 47.4 Å². The molecule has 0 bridgehead atoms. The number of esters is 3. The molecule has 2 aromatic heterocycles. The van der Waals surface area contributed by atoms with Crippen LogP contribution in [0.25, 0.3) is 0 Å². The van der Waals surface area contributed by atoms with Gasteiger partial charge >= 0.3 is 17.9 Å². The third-order valence-electron chi connectivity index (χ3n) is 8.10. The van der Waals surface area contributed by atoms with Crippen LogP contribution in [0.4, 0.5) is 0 Å². The smallest absolute Gasteiger partial charge is 0.308 e. The van der Waals surface area contributed by atoms with E-state index in [0.717, 1.165) is 35.6 Å². The Morgan fingerprint density at radius 3 is 1.33 bits per heavy atom. The maximum atomic E-state index is 11.1. The van der Waals surface area contributed by atoms with Gasteiger partial charge in [0.1, 0.15) is 23.4 Å². The van der Waals surface area contributed by atoms with Gasteiger partial charge in [0, 0.05) is 36.6 Å². The van der Waals surface area contributed by atoms with Crippen molar-refractivity contribution in [3.63, 3.8) is 0 Å². The molecule has 3 saturated carbocycles. The van der Waals surface area contributed by atoms with Crippen LogP contribution in [0.3, 0.4) is 0 Å². The van der Waals surface area contributed by atoms with Gasteiger partial charge < -0.3 is 14.2 Å². The van der Waals surface area contributed by atoms with Crippen molar-refractivity contribution in [2.75, 3.05) is 6.61 Å². The zero-order valence-corrected chi connectivity index (χ0v) is 34.1. The number of nitrogens with zero attached hydrogens (tertiary/aromatic N) is 4. The zero-order valence-electron chi connectivity index (χ0n) is 34.1. The van der Waals surface area contributed by atoms with E-state index in [9.17, 15) is 14.4 Å². The van der Waals surface area contributed by atoms with Gasteiger partial charge in [0.25, 0.3) is 0 Å². The van der Waals surface area contributed by atoms with Gasteiger partial charge in [-0.05, 0) is 89.2 Å². The van der Waals surface area contributed by atoms with Gasteiger partial charge in [-0.25, -0.2) is 19.9 Å². The van der Waals surface area contributed by atoms with Gasteiger partial charge in [0.15, 0.2) is 0 Å². The molecule has 3 aliphatic carbocycles. The second-order valence-corrected chi connectivity index (χ2v) is 15.9. The van der Waals surface area contributed by atoms with Crippen LogP contribution in [0, 0.1) is 43.4 Å². The van der Waals surface area contributed by atoms with Crippen LogP contribution in [0.5, 0.6) is 0 Å². The number of hydrogen-bond acceptors (Lipinski definition) is 10. The van der Waals surface area contributed by atoms with E-state index in [2.05, 4.69) is 47.6 Å². The Labute approximate surface area is 308 Å². The topological polar surface area (TPSA) is 130 Å². The van der Waals surface area contributed by atoms with Crippen molar-refractivity contribution in [3.05, 3.63) is 47.6 Å². The maximum absolute atomic E-state index is 11.1. The molecule has 5 rings (SSSR count). The van der Waals surface area contributed by atoms with E-state index < -0.39 is 0 Å². The Kier molecular flexibility index (Phi) is 20.1. The lowest BCUT2D eigenvalue weighted by Crippen LogP contribution is -2.20. The molecule has 10 nitrogen and oxygen atoms in total. The van der Waals surface area contributed by atoms with Crippen molar-refractivity contribution in [3.8, 4) is 0 Å². The van der Waals surface area contributed by atoms with Crippen molar-refractivity contribution in [2.24, 2.45) is 29.6 Å². The minimum atomic E-state index is -0.0959. The van der Waals surface area contributed by atoms with Crippen LogP contribution in [-0.4, -0.2) is 56.2 Å². The SMILES string of the molecule is CC(C)C(=O)OC(C)C1CC1.CC(C)C(=O)OC1(C)CC1.CC(C)C(=O)OCC1CC1.Cc1cnc(C(C)C)nc1.Cc1cnc(C(C)C)nc1. The first-order valence-electron chi connectivity index (χ1n) is 18.9. The van der Waals surface area contributed by atoms with E-state index in [1.54, 1.807) is 0 Å². The molecular weight excluding hydrogens is 644 g/mol. The minimum absolute atomic E-state index is 0.0104. The highest BCUT2D eigenvalue weighted by Crippen LogP contribution is 2.39. The Balaban J connectivity index is 0.000000319. The third kappa shape index (κ3) is 21.5. The number of rotatable bonds is 10. The fourth-order valence-corrected chi connectivity index (χ4v) is 3.67. The lowest BCUT2D eigenvalue weighted by Gasteiger charge is -2.13. The maximum Gasteiger partial charge on any atom is 0.308 e. The Hall–Kier alpha value is -3.43. The highest BCUT2D eigenvalue weighted by atomic mass is 16.6. The monoisotopic (exact) mass is 713 g/mol. The summed E-state index contributed by atoms with van der Waals surface area (Å²) >= 11 is 0. The van der Waals surface area contributed by atoms with Crippen molar-refractivity contribution in [1.29, 1.82) is 0 Å². The number of aryl methyl sites for hydroxylation is 2. The number of carbonyl (C=O) groups excluding carboxylic acids is 3. The summed E-state index contributed by atoms with van der Waals surface area (Å²) in [5.74, 6) is 3.89. The Morgan fingerprint density at radius 2 is 1.04 bits per heavy atom. The van der Waals surface area contributed by atoms with Crippen molar-refractivity contribution < 1.29 is 28.6 Å². The summed E-state index contributed by atoms with van der Waals surface area (Å²) in [5.41, 5.74) is 2.13. The molecule has 1 unspecified atom stereocenters. The van der Waals surface area contributed by atoms with Crippen LogP contribution in [0.2, 0.25) is 0 Å².